The second-order valence-electron chi connectivity index (χ2n) is 10.5. The van der Waals surface area contributed by atoms with Crippen LogP contribution < -0.4 is 16.3 Å². The molecule has 0 radical (unpaired) electrons. The first-order chi connectivity index (χ1) is 18.6. The molecule has 1 aromatic rings. The smallest absolute Gasteiger partial charge is 0.407 e. The number of hydrogen-bond donors (Lipinski definition) is 2. The van der Waals surface area contributed by atoms with Gasteiger partial charge in [-0.3, -0.25) is 9.74 Å². The molecule has 14 heteroatoms. The van der Waals surface area contributed by atoms with Gasteiger partial charge in [0.25, 0.3) is 0 Å². The molecule has 1 aliphatic heterocycles. The zero-order chi connectivity index (χ0) is 30.0. The van der Waals surface area contributed by atoms with Crippen LogP contribution in [0.25, 0.3) is 0 Å². The molecule has 1 amide bonds. The predicted molar refractivity (Wildman–Crippen MR) is 137 cm³/mol. The highest BCUT2D eigenvalue weighted by molar-refractivity contribution is 6.31. The summed E-state index contributed by atoms with van der Waals surface area (Å²) >= 11 is 6.44. The molecule has 0 spiro atoms. The molecule has 4 atom stereocenters. The minimum atomic E-state index is -4.69. The Morgan fingerprint density at radius 2 is 1.98 bits per heavy atom. The van der Waals surface area contributed by atoms with E-state index in [0.717, 1.165) is 6.92 Å². The van der Waals surface area contributed by atoms with Gasteiger partial charge in [-0.15, -0.1) is 0 Å². The van der Waals surface area contributed by atoms with Crippen molar-refractivity contribution in [3.05, 3.63) is 39.7 Å². The van der Waals surface area contributed by atoms with Crippen molar-refractivity contribution < 1.29 is 41.4 Å². The Bertz CT molecular complexity index is 1150. The summed E-state index contributed by atoms with van der Waals surface area (Å²) in [5, 5.41) is 0.623. The topological polar surface area (TPSA) is 111 Å². The number of alkyl halides is 4. The summed E-state index contributed by atoms with van der Waals surface area (Å²) in [5.74, 6) is 3.49. The highest BCUT2D eigenvalue weighted by atomic mass is 35.5. The number of carbonyl (C=O) groups is 2. The number of halogens is 6. The highest BCUT2D eigenvalue weighted by Crippen LogP contribution is 2.46. The maximum Gasteiger partial charge on any atom is 0.407 e. The summed E-state index contributed by atoms with van der Waals surface area (Å²) in [6, 6.07) is 2.50. The zero-order valence-corrected chi connectivity index (χ0v) is 23.2. The van der Waals surface area contributed by atoms with Crippen molar-refractivity contribution in [3.63, 3.8) is 0 Å². The quantitative estimate of drug-likeness (QED) is 0.245. The van der Waals surface area contributed by atoms with Gasteiger partial charge in [0.2, 0.25) is 5.91 Å². The summed E-state index contributed by atoms with van der Waals surface area (Å²) in [4.78, 5) is 31.2. The van der Waals surface area contributed by atoms with Crippen molar-refractivity contribution in [3.8, 4) is 5.75 Å². The molecule has 40 heavy (non-hydrogen) atoms. The third-order valence-corrected chi connectivity index (χ3v) is 8.18. The van der Waals surface area contributed by atoms with E-state index < -0.39 is 54.5 Å². The fraction of sp³-hybridized carbons (Fsp3) is 0.615. The molecule has 1 heterocycles. The molecule has 1 fully saturated rings. The zero-order valence-electron chi connectivity index (χ0n) is 22.5. The van der Waals surface area contributed by atoms with Gasteiger partial charge < -0.3 is 20.4 Å². The van der Waals surface area contributed by atoms with E-state index in [9.17, 15) is 31.7 Å². The largest absolute Gasteiger partial charge is 0.487 e. The van der Waals surface area contributed by atoms with Crippen molar-refractivity contribution in [2.24, 2.45) is 22.9 Å². The molecular formula is C26H34ClF5N4O4. The Hall–Kier alpha value is -2.80. The fourth-order valence-electron chi connectivity index (χ4n) is 5.78. The molecule has 0 saturated heterocycles. The van der Waals surface area contributed by atoms with Crippen LogP contribution in [0.2, 0.25) is 5.02 Å². The van der Waals surface area contributed by atoms with Gasteiger partial charge >= 0.3 is 12.1 Å². The predicted octanol–water partition coefficient (Wildman–Crippen LogP) is 5.06. The number of fused-ring (bicyclic) bond motifs is 1. The van der Waals surface area contributed by atoms with Gasteiger partial charge in [-0.2, -0.15) is 13.2 Å². The van der Waals surface area contributed by atoms with Crippen LogP contribution in [-0.2, 0) is 21.0 Å². The summed E-state index contributed by atoms with van der Waals surface area (Å²) in [6.45, 7) is 2.45. The Morgan fingerprint density at radius 3 is 2.58 bits per heavy atom. The highest BCUT2D eigenvalue weighted by Gasteiger charge is 2.50. The van der Waals surface area contributed by atoms with Crippen molar-refractivity contribution in [2.75, 3.05) is 19.7 Å². The average molecular weight is 597 g/mol. The maximum absolute atomic E-state index is 14.2. The molecule has 3 unspecified atom stereocenters. The van der Waals surface area contributed by atoms with Crippen LogP contribution in [0, 0.1) is 11.3 Å². The van der Waals surface area contributed by atoms with Crippen LogP contribution in [0.1, 0.15) is 63.6 Å². The van der Waals surface area contributed by atoms with E-state index in [2.05, 4.69) is 4.94 Å². The lowest BCUT2D eigenvalue weighted by Crippen LogP contribution is -2.50. The Morgan fingerprint density at radius 1 is 1.30 bits per heavy atom. The van der Waals surface area contributed by atoms with E-state index in [4.69, 9.17) is 27.9 Å². The number of nitrogens with zero attached hydrogens (tertiary/aromatic N) is 2. The summed E-state index contributed by atoms with van der Waals surface area (Å²) in [6.07, 6.45) is -4.22. The number of amides is 1. The number of benzene rings is 1. The lowest BCUT2D eigenvalue weighted by Gasteiger charge is -2.43. The Kier molecular flexibility index (Phi) is 9.82. The molecule has 3 rings (SSSR count). The van der Waals surface area contributed by atoms with E-state index in [1.807, 2.05) is 0 Å². The van der Waals surface area contributed by atoms with Crippen molar-refractivity contribution in [2.45, 2.75) is 71.3 Å². The lowest BCUT2D eigenvalue weighted by atomic mass is 9.66. The number of ether oxygens (including phenoxy) is 1. The van der Waals surface area contributed by atoms with Gasteiger partial charge in [-0.1, -0.05) is 24.4 Å². The monoisotopic (exact) mass is 596 g/mol. The summed E-state index contributed by atoms with van der Waals surface area (Å²) in [7, 11) is 0. The molecule has 1 saturated carbocycles. The van der Waals surface area contributed by atoms with Gasteiger partial charge in [0.15, 0.2) is 0 Å². The van der Waals surface area contributed by atoms with Crippen molar-refractivity contribution in [1.29, 1.82) is 0 Å². The molecule has 1 aliphatic carbocycles. The number of rotatable bonds is 8. The van der Waals surface area contributed by atoms with Crippen LogP contribution in [-0.4, -0.2) is 53.8 Å². The molecule has 4 N–H and O–H groups in total. The number of allylic oxidation sites excluding steroid dienone is 1. The van der Waals surface area contributed by atoms with E-state index in [0.29, 0.717) is 48.3 Å². The standard InChI is InChI=1S/C26H34ClF5N4O4/c1-14(28)22(36(34)13-26(29,30)31)19(33)12-39-20-8-7-18(27)16-9-11-35(15(2)21(16)20)23(37)17-6-4-5-10-25(17,3)24(38)40-32/h7-8,14-15,17H,4-6,9-13,33-34H2,1-3H3/b22-19-/t14?,15?,17?,25-/m0/s1. The number of carbonyl (C=O) groups excluding carboxylic acids is 2. The lowest BCUT2D eigenvalue weighted by molar-refractivity contribution is -0.203. The average Bonchev–Trinajstić information content (AvgIpc) is 2.86. The van der Waals surface area contributed by atoms with Gasteiger partial charge in [-0.05, 0) is 57.7 Å². The van der Waals surface area contributed by atoms with Gasteiger partial charge in [0.1, 0.15) is 25.1 Å². The number of nitrogens with two attached hydrogens (primary N) is 2. The number of hydrazine groups is 1. The molecule has 0 bridgehead atoms. The molecule has 224 valence electrons. The second-order valence-corrected chi connectivity index (χ2v) is 10.9. The summed E-state index contributed by atoms with van der Waals surface area (Å²) < 4.78 is 71.5. The van der Waals surface area contributed by atoms with Crippen LogP contribution in [0.5, 0.6) is 5.75 Å². The third-order valence-electron chi connectivity index (χ3n) is 7.82. The van der Waals surface area contributed by atoms with E-state index in [-0.39, 0.29) is 28.9 Å². The molecule has 0 aromatic heterocycles. The Labute approximate surface area is 234 Å². The minimum Gasteiger partial charge on any atom is -0.487 e. The third kappa shape index (κ3) is 6.56. The Balaban J connectivity index is 1.90. The van der Waals surface area contributed by atoms with E-state index in [1.165, 1.54) is 13.0 Å². The minimum absolute atomic E-state index is 0.202. The van der Waals surface area contributed by atoms with Crippen molar-refractivity contribution in [1.82, 2.24) is 9.91 Å². The first-order valence-electron chi connectivity index (χ1n) is 12.9. The van der Waals surface area contributed by atoms with Gasteiger partial charge in [0.05, 0.1) is 28.8 Å². The maximum atomic E-state index is 14.2. The molecule has 1 aromatic carbocycles. The van der Waals surface area contributed by atoms with Gasteiger partial charge in [0, 0.05) is 21.7 Å². The first kappa shape index (κ1) is 31.7. The molecule has 2 aliphatic rings. The second kappa shape index (κ2) is 12.4. The SMILES string of the molecule is CC(F)/C(=C(/N)COc1ccc(Cl)c2c1C(C)N(C(=O)C1CCCC[C@]1(C)C(=O)OF)CC2)N(N)CC(F)(F)F. The van der Waals surface area contributed by atoms with Crippen molar-refractivity contribution >= 4 is 23.5 Å². The van der Waals surface area contributed by atoms with Crippen LogP contribution in [0.4, 0.5) is 22.1 Å². The normalized spacial score (nSPS) is 24.5. The molecule has 8 nitrogen and oxygen atoms in total. The fourth-order valence-corrected chi connectivity index (χ4v) is 6.03. The van der Waals surface area contributed by atoms with E-state index in [1.54, 1.807) is 17.9 Å². The number of hydrogen-bond acceptors (Lipinski definition) is 7. The van der Waals surface area contributed by atoms with Crippen LogP contribution in [0.15, 0.2) is 23.5 Å². The van der Waals surface area contributed by atoms with E-state index >= 15 is 0 Å². The molecular weight excluding hydrogens is 563 g/mol. The van der Waals surface area contributed by atoms with Crippen LogP contribution >= 0.6 is 11.6 Å². The summed E-state index contributed by atoms with van der Waals surface area (Å²) in [5.41, 5.74) is 4.94. The van der Waals surface area contributed by atoms with Gasteiger partial charge in [-0.25, -0.2) is 15.0 Å². The van der Waals surface area contributed by atoms with Crippen LogP contribution in [0.3, 0.4) is 0 Å². The first-order valence-corrected chi connectivity index (χ1v) is 13.3.